The van der Waals surface area contributed by atoms with E-state index >= 15 is 0 Å². The van der Waals surface area contributed by atoms with Crippen LogP contribution in [-0.4, -0.2) is 66.0 Å². The molecule has 4 N–H and O–H groups in total. The van der Waals surface area contributed by atoms with Crippen molar-refractivity contribution < 1.29 is 18.6 Å². The normalized spacial score (nSPS) is 18.7. The number of nitrogen functional groups attached to an aromatic ring is 1. The minimum atomic E-state index is -2.51. The topological polar surface area (TPSA) is 128 Å². The highest BCUT2D eigenvalue weighted by molar-refractivity contribution is 5.88. The Labute approximate surface area is 200 Å². The summed E-state index contributed by atoms with van der Waals surface area (Å²) in [5.74, 6) is 1.21. The number of alkyl halides is 2. The van der Waals surface area contributed by atoms with E-state index in [1.165, 1.54) is 4.57 Å². The van der Waals surface area contributed by atoms with Gasteiger partial charge < -0.3 is 25.5 Å². The SMILES string of the molecule is Cc1nc2ccc(-c3ccn4nc(NC5CCC(OCCO)CC5)nc(N)c34)nc2n1CC(F)F. The third kappa shape index (κ3) is 4.76. The molecule has 10 nitrogen and oxygen atoms in total. The van der Waals surface area contributed by atoms with Crippen LogP contribution in [0.4, 0.5) is 20.5 Å². The molecule has 1 aliphatic carbocycles. The molecule has 1 aliphatic rings. The molecule has 1 fully saturated rings. The van der Waals surface area contributed by atoms with Crippen LogP contribution in [0.2, 0.25) is 0 Å². The number of nitrogens with zero attached hydrogens (tertiary/aromatic N) is 6. The van der Waals surface area contributed by atoms with Gasteiger partial charge in [-0.05, 0) is 50.8 Å². The molecular weight excluding hydrogens is 458 g/mol. The number of aliphatic hydroxyl groups excluding tert-OH is 1. The molecule has 186 valence electrons. The summed E-state index contributed by atoms with van der Waals surface area (Å²) < 4.78 is 34.9. The standard InChI is InChI=1S/C23H28F2N8O2/c1-13-27-18-7-6-17(29-22(18)32(13)12-19(24)25)16-8-9-33-20(16)21(26)30-23(31-33)28-14-2-4-15(5-3-14)35-11-10-34/h6-9,14-15,19,34H,2-5,10-12H2,1H3,(H3,26,28,30,31). The quantitative estimate of drug-likeness (QED) is 0.347. The smallest absolute Gasteiger partial charge is 0.256 e. The van der Waals surface area contributed by atoms with Crippen molar-refractivity contribution in [3.05, 3.63) is 30.2 Å². The second kappa shape index (κ2) is 9.70. The fraction of sp³-hybridized carbons (Fsp3) is 0.478. The van der Waals surface area contributed by atoms with E-state index in [0.29, 0.717) is 52.1 Å². The van der Waals surface area contributed by atoms with Gasteiger partial charge in [0.05, 0.1) is 31.6 Å². The number of nitrogens with one attached hydrogen (secondary N) is 1. The molecule has 0 spiro atoms. The number of imidazole rings is 1. The number of hydrogen-bond acceptors (Lipinski definition) is 8. The Morgan fingerprint density at radius 1 is 1.17 bits per heavy atom. The Balaban J connectivity index is 1.39. The Bertz CT molecular complexity index is 1330. The van der Waals surface area contributed by atoms with Crippen molar-refractivity contribution in [3.8, 4) is 11.3 Å². The maximum atomic E-state index is 13.1. The van der Waals surface area contributed by atoms with Crippen molar-refractivity contribution in [2.24, 2.45) is 0 Å². The predicted octanol–water partition coefficient (Wildman–Crippen LogP) is 3.03. The molecule has 0 aromatic carbocycles. The van der Waals surface area contributed by atoms with E-state index in [-0.39, 0.29) is 18.8 Å². The van der Waals surface area contributed by atoms with Crippen molar-refractivity contribution in [2.45, 2.75) is 57.7 Å². The molecule has 4 aromatic heterocycles. The first-order valence-electron chi connectivity index (χ1n) is 11.7. The third-order valence-electron chi connectivity index (χ3n) is 6.37. The first kappa shape index (κ1) is 23.4. The largest absolute Gasteiger partial charge is 0.394 e. The van der Waals surface area contributed by atoms with Crippen LogP contribution < -0.4 is 11.1 Å². The number of aryl methyl sites for hydroxylation is 1. The van der Waals surface area contributed by atoms with E-state index in [2.05, 4.69) is 25.4 Å². The van der Waals surface area contributed by atoms with Gasteiger partial charge in [-0.1, -0.05) is 0 Å². The number of anilines is 2. The highest BCUT2D eigenvalue weighted by Crippen LogP contribution is 2.30. The molecule has 0 bridgehead atoms. The lowest BCUT2D eigenvalue weighted by molar-refractivity contribution is 0.00719. The fourth-order valence-corrected chi connectivity index (χ4v) is 4.72. The summed E-state index contributed by atoms with van der Waals surface area (Å²) in [7, 11) is 0. The minimum Gasteiger partial charge on any atom is -0.394 e. The molecule has 0 unspecified atom stereocenters. The summed E-state index contributed by atoms with van der Waals surface area (Å²) in [5, 5.41) is 16.9. The van der Waals surface area contributed by atoms with Gasteiger partial charge >= 0.3 is 0 Å². The lowest BCUT2D eigenvalue weighted by Gasteiger charge is -2.29. The zero-order valence-electron chi connectivity index (χ0n) is 19.4. The summed E-state index contributed by atoms with van der Waals surface area (Å²) in [6.07, 6.45) is 3.06. The number of pyridine rings is 1. The molecule has 4 heterocycles. The predicted molar refractivity (Wildman–Crippen MR) is 127 cm³/mol. The van der Waals surface area contributed by atoms with Gasteiger partial charge in [-0.25, -0.2) is 23.3 Å². The Morgan fingerprint density at radius 3 is 2.71 bits per heavy atom. The molecule has 0 atom stereocenters. The highest BCUT2D eigenvalue weighted by Gasteiger charge is 2.23. The summed E-state index contributed by atoms with van der Waals surface area (Å²) in [5.41, 5.74) is 9.17. The zero-order chi connectivity index (χ0) is 24.5. The monoisotopic (exact) mass is 486 g/mol. The molecule has 0 radical (unpaired) electrons. The number of fused-ring (bicyclic) bond motifs is 2. The van der Waals surface area contributed by atoms with Gasteiger partial charge in [0.25, 0.3) is 6.43 Å². The number of aromatic nitrogens is 6. The summed E-state index contributed by atoms with van der Waals surface area (Å²) in [6.45, 7) is 1.62. The second-order valence-corrected chi connectivity index (χ2v) is 8.76. The van der Waals surface area contributed by atoms with Crippen LogP contribution in [0.15, 0.2) is 24.4 Å². The van der Waals surface area contributed by atoms with Crippen molar-refractivity contribution in [3.63, 3.8) is 0 Å². The van der Waals surface area contributed by atoms with Gasteiger partial charge in [0.2, 0.25) is 5.95 Å². The van der Waals surface area contributed by atoms with E-state index in [9.17, 15) is 8.78 Å². The van der Waals surface area contributed by atoms with Crippen molar-refractivity contribution >= 4 is 28.4 Å². The highest BCUT2D eigenvalue weighted by atomic mass is 19.3. The number of hydrogen-bond donors (Lipinski definition) is 3. The zero-order valence-corrected chi connectivity index (χ0v) is 19.4. The van der Waals surface area contributed by atoms with Gasteiger partial charge in [0.15, 0.2) is 11.5 Å². The number of ether oxygens (including phenoxy) is 1. The van der Waals surface area contributed by atoms with Crippen molar-refractivity contribution in [1.82, 2.24) is 29.1 Å². The molecule has 5 rings (SSSR count). The number of nitrogens with two attached hydrogens (primary N) is 1. The van der Waals surface area contributed by atoms with Gasteiger partial charge in [0, 0.05) is 17.8 Å². The lowest BCUT2D eigenvalue weighted by Crippen LogP contribution is -2.31. The number of rotatable bonds is 8. The Hall–Kier alpha value is -3.38. The molecule has 12 heteroatoms. The molecule has 0 amide bonds. The first-order valence-corrected chi connectivity index (χ1v) is 11.7. The summed E-state index contributed by atoms with van der Waals surface area (Å²) in [4.78, 5) is 13.4. The summed E-state index contributed by atoms with van der Waals surface area (Å²) >= 11 is 0. The van der Waals surface area contributed by atoms with E-state index in [0.717, 1.165) is 25.7 Å². The second-order valence-electron chi connectivity index (χ2n) is 8.76. The van der Waals surface area contributed by atoms with Gasteiger partial charge in [-0.3, -0.25) is 0 Å². The number of aliphatic hydroxyl groups is 1. The van der Waals surface area contributed by atoms with Crippen LogP contribution in [-0.2, 0) is 11.3 Å². The van der Waals surface area contributed by atoms with E-state index in [1.54, 1.807) is 29.8 Å². The maximum absolute atomic E-state index is 13.1. The molecular formula is C23H28F2N8O2. The van der Waals surface area contributed by atoms with Crippen LogP contribution in [0.5, 0.6) is 0 Å². The van der Waals surface area contributed by atoms with Gasteiger partial charge in [0.1, 0.15) is 16.9 Å². The Morgan fingerprint density at radius 2 is 1.97 bits per heavy atom. The van der Waals surface area contributed by atoms with Gasteiger partial charge in [-0.2, -0.15) is 4.98 Å². The average Bonchev–Trinajstić information content (AvgIpc) is 3.39. The average molecular weight is 487 g/mol. The third-order valence-corrected chi connectivity index (χ3v) is 6.37. The summed E-state index contributed by atoms with van der Waals surface area (Å²) in [6, 6.07) is 5.60. The first-order chi connectivity index (χ1) is 16.9. The van der Waals surface area contributed by atoms with Crippen LogP contribution in [0.25, 0.3) is 27.9 Å². The molecule has 1 saturated carbocycles. The molecule has 4 aromatic rings. The fourth-order valence-electron chi connectivity index (χ4n) is 4.72. The Kier molecular flexibility index (Phi) is 6.48. The van der Waals surface area contributed by atoms with Crippen LogP contribution in [0.3, 0.4) is 0 Å². The van der Waals surface area contributed by atoms with E-state index < -0.39 is 13.0 Å². The molecule has 0 aliphatic heterocycles. The van der Waals surface area contributed by atoms with Crippen LogP contribution >= 0.6 is 0 Å². The maximum Gasteiger partial charge on any atom is 0.256 e. The van der Waals surface area contributed by atoms with Gasteiger partial charge in [-0.15, -0.1) is 5.10 Å². The van der Waals surface area contributed by atoms with Crippen molar-refractivity contribution in [1.29, 1.82) is 0 Å². The van der Waals surface area contributed by atoms with E-state index in [4.69, 9.17) is 15.6 Å². The van der Waals surface area contributed by atoms with Crippen LogP contribution in [0.1, 0.15) is 31.5 Å². The molecule has 35 heavy (non-hydrogen) atoms. The lowest BCUT2D eigenvalue weighted by atomic mass is 9.93. The van der Waals surface area contributed by atoms with Crippen molar-refractivity contribution in [2.75, 3.05) is 24.3 Å². The minimum absolute atomic E-state index is 0.0343. The van der Waals surface area contributed by atoms with Crippen LogP contribution in [0, 0.1) is 6.92 Å². The number of halogens is 2. The molecule has 0 saturated heterocycles. The van der Waals surface area contributed by atoms with E-state index in [1.807, 2.05) is 6.07 Å².